The number of benzene rings is 1. The van der Waals surface area contributed by atoms with Gasteiger partial charge in [-0.3, -0.25) is 9.48 Å². The molecule has 0 N–H and O–H groups in total. The van der Waals surface area contributed by atoms with Crippen molar-refractivity contribution in [3.05, 3.63) is 48.3 Å². The van der Waals surface area contributed by atoms with E-state index in [1.54, 1.807) is 11.8 Å². The van der Waals surface area contributed by atoms with Crippen molar-refractivity contribution in [2.45, 2.75) is 30.7 Å². The number of Topliss-reactive ketones (excluding diaryl/α,β-unsaturated/α-hetero) is 1. The maximum Gasteiger partial charge on any atom is 0.167 e. The van der Waals surface area contributed by atoms with Gasteiger partial charge in [-0.25, -0.2) is 0 Å². The predicted octanol–water partition coefficient (Wildman–Crippen LogP) is 3.59. The van der Waals surface area contributed by atoms with Gasteiger partial charge in [0.25, 0.3) is 0 Å². The van der Waals surface area contributed by atoms with E-state index in [9.17, 15) is 4.79 Å². The Morgan fingerprint density at radius 3 is 2.83 bits per heavy atom. The van der Waals surface area contributed by atoms with E-state index >= 15 is 0 Å². The molecule has 1 aliphatic rings. The molecule has 24 heavy (non-hydrogen) atoms. The van der Waals surface area contributed by atoms with E-state index in [0.29, 0.717) is 5.78 Å². The lowest BCUT2D eigenvalue weighted by Crippen LogP contribution is -2.39. The Morgan fingerprint density at radius 1 is 1.29 bits per heavy atom. The molecular formula is C19H25N3OS. The van der Waals surface area contributed by atoms with Gasteiger partial charge in [-0.05, 0) is 56.8 Å². The van der Waals surface area contributed by atoms with Crippen LogP contribution in [0.2, 0.25) is 0 Å². The number of rotatable bonds is 7. The van der Waals surface area contributed by atoms with Gasteiger partial charge in [0, 0.05) is 41.9 Å². The molecule has 0 amide bonds. The summed E-state index contributed by atoms with van der Waals surface area (Å²) >= 11 is 1.71. The number of ketones is 1. The van der Waals surface area contributed by atoms with Crippen LogP contribution in [-0.4, -0.2) is 46.4 Å². The van der Waals surface area contributed by atoms with Crippen LogP contribution in [0.15, 0.2) is 47.6 Å². The maximum atomic E-state index is 12.8. The van der Waals surface area contributed by atoms with Crippen molar-refractivity contribution < 1.29 is 4.79 Å². The first-order valence-electron chi connectivity index (χ1n) is 8.64. The van der Waals surface area contributed by atoms with Gasteiger partial charge in [-0.15, -0.1) is 11.8 Å². The summed E-state index contributed by atoms with van der Waals surface area (Å²) in [5, 5.41) is 4.24. The Kier molecular flexibility index (Phi) is 6.10. The number of carbonyl (C=O) groups excluding carboxylic acids is 1. The standard InChI is InChI=1S/C19H25N3OS/c1-24-18-8-6-16(7-9-18)19(23)17-5-2-11-21(15-17)12-4-14-22-13-3-10-20-22/h3,6-10,13,17H,2,4-5,11-12,14-15H2,1H3/t17-/m0/s1. The van der Waals surface area contributed by atoms with Crippen molar-refractivity contribution in [3.8, 4) is 0 Å². The number of carbonyl (C=O) groups is 1. The fourth-order valence-corrected chi connectivity index (χ4v) is 3.76. The second-order valence-corrected chi connectivity index (χ2v) is 7.23. The summed E-state index contributed by atoms with van der Waals surface area (Å²) in [6.07, 6.45) is 9.07. The lowest BCUT2D eigenvalue weighted by atomic mass is 9.90. The van der Waals surface area contributed by atoms with Crippen LogP contribution in [0.3, 0.4) is 0 Å². The normalized spacial score (nSPS) is 18.6. The number of likely N-dealkylation sites (tertiary alicyclic amines) is 1. The molecule has 2 aromatic rings. The molecule has 1 aliphatic heterocycles. The van der Waals surface area contributed by atoms with Crippen LogP contribution >= 0.6 is 11.8 Å². The highest BCUT2D eigenvalue weighted by Crippen LogP contribution is 2.23. The fourth-order valence-electron chi connectivity index (χ4n) is 3.35. The molecule has 1 saturated heterocycles. The van der Waals surface area contributed by atoms with E-state index < -0.39 is 0 Å². The number of hydrogen-bond acceptors (Lipinski definition) is 4. The molecule has 0 saturated carbocycles. The zero-order valence-electron chi connectivity index (χ0n) is 14.2. The second-order valence-electron chi connectivity index (χ2n) is 6.36. The van der Waals surface area contributed by atoms with Crippen LogP contribution in [0.5, 0.6) is 0 Å². The Balaban J connectivity index is 1.51. The molecule has 0 aliphatic carbocycles. The first kappa shape index (κ1) is 17.2. The molecule has 1 atom stereocenters. The number of nitrogens with zero attached hydrogens (tertiary/aromatic N) is 3. The van der Waals surface area contributed by atoms with Gasteiger partial charge in [0.05, 0.1) is 0 Å². The van der Waals surface area contributed by atoms with E-state index in [2.05, 4.69) is 16.3 Å². The molecule has 3 rings (SSSR count). The monoisotopic (exact) mass is 343 g/mol. The number of piperidine rings is 1. The average Bonchev–Trinajstić information content (AvgIpc) is 3.15. The average molecular weight is 343 g/mol. The molecule has 0 bridgehead atoms. The van der Waals surface area contributed by atoms with Crippen LogP contribution in [0.25, 0.3) is 0 Å². The highest BCUT2D eigenvalue weighted by Gasteiger charge is 2.26. The third-order valence-electron chi connectivity index (χ3n) is 4.67. The smallest absolute Gasteiger partial charge is 0.167 e. The SMILES string of the molecule is CSc1ccc(C(=O)[C@H]2CCCN(CCCn3cccn3)C2)cc1. The summed E-state index contributed by atoms with van der Waals surface area (Å²) in [5.74, 6) is 0.447. The van der Waals surface area contributed by atoms with Gasteiger partial charge in [-0.1, -0.05) is 12.1 Å². The summed E-state index contributed by atoms with van der Waals surface area (Å²) in [5.41, 5.74) is 0.858. The number of aryl methyl sites for hydroxylation is 1. The summed E-state index contributed by atoms with van der Waals surface area (Å²) in [7, 11) is 0. The molecule has 4 nitrogen and oxygen atoms in total. The number of aromatic nitrogens is 2. The van der Waals surface area contributed by atoms with Gasteiger partial charge in [0.2, 0.25) is 0 Å². The molecule has 2 heterocycles. The summed E-state index contributed by atoms with van der Waals surface area (Å²) in [4.78, 5) is 16.4. The van der Waals surface area contributed by atoms with Crippen molar-refractivity contribution in [1.82, 2.24) is 14.7 Å². The Hall–Kier alpha value is -1.59. The fraction of sp³-hybridized carbons (Fsp3) is 0.474. The van der Waals surface area contributed by atoms with E-state index in [1.165, 1.54) is 4.90 Å². The van der Waals surface area contributed by atoms with Crippen molar-refractivity contribution in [2.24, 2.45) is 5.92 Å². The highest BCUT2D eigenvalue weighted by molar-refractivity contribution is 7.98. The molecule has 1 aromatic heterocycles. The molecule has 1 aromatic carbocycles. The summed E-state index contributed by atoms with van der Waals surface area (Å²) in [6, 6.07) is 10.00. The summed E-state index contributed by atoms with van der Waals surface area (Å²) in [6.45, 7) is 3.98. The zero-order valence-corrected chi connectivity index (χ0v) is 15.0. The van der Waals surface area contributed by atoms with Gasteiger partial charge >= 0.3 is 0 Å². The molecule has 128 valence electrons. The molecule has 5 heteroatoms. The molecule has 0 unspecified atom stereocenters. The van der Waals surface area contributed by atoms with Crippen molar-refractivity contribution >= 4 is 17.5 Å². The van der Waals surface area contributed by atoms with Gasteiger partial charge in [0.15, 0.2) is 5.78 Å². The molecule has 0 radical (unpaired) electrons. The first-order chi connectivity index (χ1) is 11.8. The van der Waals surface area contributed by atoms with Crippen molar-refractivity contribution in [2.75, 3.05) is 25.9 Å². The Labute approximate surface area is 148 Å². The van der Waals surface area contributed by atoms with Crippen molar-refractivity contribution in [1.29, 1.82) is 0 Å². The van der Waals surface area contributed by atoms with Gasteiger partial charge in [-0.2, -0.15) is 5.10 Å². The largest absolute Gasteiger partial charge is 0.303 e. The molecule has 1 fully saturated rings. The third-order valence-corrected chi connectivity index (χ3v) is 5.42. The van der Waals surface area contributed by atoms with E-state index in [1.807, 2.05) is 47.4 Å². The number of thioether (sulfide) groups is 1. The topological polar surface area (TPSA) is 38.1 Å². The Morgan fingerprint density at radius 2 is 2.12 bits per heavy atom. The minimum Gasteiger partial charge on any atom is -0.303 e. The van der Waals surface area contributed by atoms with Crippen LogP contribution < -0.4 is 0 Å². The van der Waals surface area contributed by atoms with Gasteiger partial charge < -0.3 is 4.90 Å². The molecular weight excluding hydrogens is 318 g/mol. The van der Waals surface area contributed by atoms with Crippen LogP contribution in [-0.2, 0) is 6.54 Å². The lowest BCUT2D eigenvalue weighted by molar-refractivity contribution is 0.0817. The quantitative estimate of drug-likeness (QED) is 0.569. The highest BCUT2D eigenvalue weighted by atomic mass is 32.2. The number of hydrogen-bond donors (Lipinski definition) is 0. The van der Waals surface area contributed by atoms with Gasteiger partial charge in [0.1, 0.15) is 0 Å². The second kappa shape index (κ2) is 8.49. The minimum absolute atomic E-state index is 0.142. The zero-order chi connectivity index (χ0) is 16.8. The predicted molar refractivity (Wildman–Crippen MR) is 98.6 cm³/mol. The third kappa shape index (κ3) is 4.48. The van der Waals surface area contributed by atoms with E-state index in [0.717, 1.165) is 51.0 Å². The molecule has 0 spiro atoms. The van der Waals surface area contributed by atoms with Crippen LogP contribution in [0, 0.1) is 5.92 Å². The first-order valence-corrected chi connectivity index (χ1v) is 9.87. The summed E-state index contributed by atoms with van der Waals surface area (Å²) < 4.78 is 1.97. The minimum atomic E-state index is 0.142. The lowest BCUT2D eigenvalue weighted by Gasteiger charge is -2.32. The van der Waals surface area contributed by atoms with Crippen molar-refractivity contribution in [3.63, 3.8) is 0 Å². The van der Waals surface area contributed by atoms with Crippen LogP contribution in [0.4, 0.5) is 0 Å². The maximum absolute atomic E-state index is 12.8. The van der Waals surface area contributed by atoms with Crippen LogP contribution in [0.1, 0.15) is 29.6 Å². The Bertz CT molecular complexity index is 639. The van der Waals surface area contributed by atoms with E-state index in [-0.39, 0.29) is 5.92 Å². The van der Waals surface area contributed by atoms with E-state index in [4.69, 9.17) is 0 Å².